The molecule has 0 saturated heterocycles. The molecule has 0 saturated carbocycles. The Bertz CT molecular complexity index is 2540. The normalized spacial score (nSPS) is 11.5. The van der Waals surface area contributed by atoms with E-state index >= 15 is 0 Å². The van der Waals surface area contributed by atoms with Gasteiger partial charge in [-0.1, -0.05) is 84.9 Å². The van der Waals surface area contributed by atoms with Crippen LogP contribution in [0, 0.1) is 0 Å². The number of oxazole rings is 1. The third-order valence-electron chi connectivity index (χ3n) is 8.70. The Balaban J connectivity index is 0.00000300. The molecule has 4 nitrogen and oxygen atoms in total. The van der Waals surface area contributed by atoms with E-state index in [1.54, 1.807) is 0 Å². The fourth-order valence-corrected chi connectivity index (χ4v) is 6.60. The van der Waals surface area contributed by atoms with Crippen molar-refractivity contribution >= 4 is 54.3 Å². The zero-order chi connectivity index (χ0) is 29.2. The molecular formula is C40H24LiN2O2+. The number of H-pyrrole nitrogens is 1. The largest absolute Gasteiger partial charge is 1.00 e. The molecule has 0 aliphatic carbocycles. The van der Waals surface area contributed by atoms with Crippen molar-refractivity contribution in [3.05, 3.63) is 140 Å². The summed E-state index contributed by atoms with van der Waals surface area (Å²) in [6, 6.07) is 45.5. The second kappa shape index (κ2) is 10.6. The van der Waals surface area contributed by atoms with Gasteiger partial charge in [-0.2, -0.15) is 0 Å². The molecule has 5 heteroatoms. The van der Waals surface area contributed by atoms with Crippen LogP contribution in [-0.4, -0.2) is 4.98 Å². The SMILES string of the molecule is [Li+].[O-]c1c(-c2c3ccccc3cc3c2ccc2c(-c4ccc(-c5nc6ccccc6o5)cc4)cccc23)ccc2ccc[nH+]c12. The average molecular weight is 572 g/mol. The first-order chi connectivity index (χ1) is 21.7. The third-order valence-corrected chi connectivity index (χ3v) is 8.70. The van der Waals surface area contributed by atoms with Crippen molar-refractivity contribution in [1.82, 2.24) is 4.98 Å². The van der Waals surface area contributed by atoms with E-state index in [1.165, 1.54) is 0 Å². The van der Waals surface area contributed by atoms with E-state index in [2.05, 4.69) is 88.8 Å². The molecule has 45 heavy (non-hydrogen) atoms. The first-order valence-electron chi connectivity index (χ1n) is 14.7. The summed E-state index contributed by atoms with van der Waals surface area (Å²) in [7, 11) is 0. The molecule has 7 aromatic carbocycles. The second-order valence-corrected chi connectivity index (χ2v) is 11.2. The molecule has 2 heterocycles. The molecule has 2 aromatic heterocycles. The van der Waals surface area contributed by atoms with E-state index in [0.717, 1.165) is 71.1 Å². The summed E-state index contributed by atoms with van der Waals surface area (Å²) in [6.07, 6.45) is 1.81. The maximum Gasteiger partial charge on any atom is 1.00 e. The van der Waals surface area contributed by atoms with Crippen LogP contribution in [0.4, 0.5) is 0 Å². The van der Waals surface area contributed by atoms with Crippen LogP contribution in [0.15, 0.2) is 144 Å². The van der Waals surface area contributed by atoms with Crippen molar-refractivity contribution in [1.29, 1.82) is 0 Å². The molecule has 0 aliphatic heterocycles. The van der Waals surface area contributed by atoms with Crippen molar-refractivity contribution in [2.24, 2.45) is 0 Å². The molecule has 0 aliphatic rings. The number of para-hydroxylation sites is 2. The molecule has 1 N–H and O–H groups in total. The average Bonchev–Trinajstić information content (AvgIpc) is 3.52. The number of rotatable bonds is 3. The molecule has 0 radical (unpaired) electrons. The van der Waals surface area contributed by atoms with Gasteiger partial charge in [0.05, 0.1) is 0 Å². The zero-order valence-corrected chi connectivity index (χ0v) is 24.5. The summed E-state index contributed by atoms with van der Waals surface area (Å²) >= 11 is 0. The van der Waals surface area contributed by atoms with Gasteiger partial charge in [0.25, 0.3) is 0 Å². The molecule has 206 valence electrons. The monoisotopic (exact) mass is 571 g/mol. The van der Waals surface area contributed by atoms with Gasteiger partial charge in [0, 0.05) is 17.0 Å². The van der Waals surface area contributed by atoms with E-state index < -0.39 is 0 Å². The number of pyridine rings is 1. The fraction of sp³-hybridized carbons (Fsp3) is 0. The fourth-order valence-electron chi connectivity index (χ4n) is 6.60. The van der Waals surface area contributed by atoms with Gasteiger partial charge in [-0.25, -0.2) is 9.97 Å². The Kier molecular flexibility index (Phi) is 6.43. The standard InChI is InChI=1S/C40H24N2O2.Li/c43-39-33(19-18-25-8-6-22-41-38(25)39)37-29-9-2-1-7-27(29)23-34-30-11-5-10-28(31(30)20-21-32(34)37)24-14-16-26(17-15-24)40-42-35-12-3-4-13-36(35)44-40;/h1-23,43H;/q;+1. The Morgan fingerprint density at radius 2 is 1.31 bits per heavy atom. The summed E-state index contributed by atoms with van der Waals surface area (Å²) in [5.41, 5.74) is 7.12. The Labute approximate surface area is 270 Å². The van der Waals surface area contributed by atoms with Gasteiger partial charge < -0.3 is 9.52 Å². The summed E-state index contributed by atoms with van der Waals surface area (Å²) in [4.78, 5) is 7.84. The van der Waals surface area contributed by atoms with Crippen molar-refractivity contribution in [3.63, 3.8) is 0 Å². The van der Waals surface area contributed by atoms with E-state index in [0.29, 0.717) is 17.0 Å². The number of nitrogens with one attached hydrogen (secondary N) is 1. The first-order valence-corrected chi connectivity index (χ1v) is 14.7. The quantitative estimate of drug-likeness (QED) is 0.141. The number of hydrogen-bond acceptors (Lipinski definition) is 3. The number of aromatic amines is 1. The van der Waals surface area contributed by atoms with Gasteiger partial charge in [-0.05, 0) is 103 Å². The number of benzene rings is 7. The van der Waals surface area contributed by atoms with Crippen LogP contribution in [0.1, 0.15) is 0 Å². The van der Waals surface area contributed by atoms with E-state index in [9.17, 15) is 5.11 Å². The van der Waals surface area contributed by atoms with Crippen molar-refractivity contribution in [3.8, 4) is 39.5 Å². The molecule has 9 rings (SSSR count). The van der Waals surface area contributed by atoms with Crippen LogP contribution >= 0.6 is 0 Å². The van der Waals surface area contributed by atoms with E-state index in [1.807, 2.05) is 60.8 Å². The second-order valence-electron chi connectivity index (χ2n) is 11.2. The van der Waals surface area contributed by atoms with Crippen LogP contribution in [0.5, 0.6) is 5.75 Å². The minimum Gasteiger partial charge on any atom is -0.868 e. The minimum absolute atomic E-state index is 0. The summed E-state index contributed by atoms with van der Waals surface area (Å²) in [5, 5.41) is 21.4. The molecule has 0 unspecified atom stereocenters. The molecule has 0 bridgehead atoms. The van der Waals surface area contributed by atoms with Crippen LogP contribution in [0.25, 0.3) is 88.0 Å². The van der Waals surface area contributed by atoms with Crippen molar-refractivity contribution in [2.45, 2.75) is 0 Å². The molecule has 0 spiro atoms. The van der Waals surface area contributed by atoms with Crippen LogP contribution < -0.4 is 29.0 Å². The van der Waals surface area contributed by atoms with Gasteiger partial charge >= 0.3 is 18.9 Å². The molecule has 9 aromatic rings. The summed E-state index contributed by atoms with van der Waals surface area (Å²) in [6.45, 7) is 0. The number of fused-ring (bicyclic) bond motifs is 6. The number of aromatic nitrogens is 2. The Morgan fingerprint density at radius 1 is 0.556 bits per heavy atom. The molecule has 0 amide bonds. The molecule has 0 fully saturated rings. The van der Waals surface area contributed by atoms with Crippen molar-refractivity contribution in [2.75, 3.05) is 0 Å². The van der Waals surface area contributed by atoms with Crippen molar-refractivity contribution < 1.29 is 33.4 Å². The Morgan fingerprint density at radius 3 is 2.20 bits per heavy atom. The van der Waals surface area contributed by atoms with Crippen LogP contribution in [0.3, 0.4) is 0 Å². The number of hydrogen-bond donors (Lipinski definition) is 0. The van der Waals surface area contributed by atoms with Crippen LogP contribution in [0.2, 0.25) is 0 Å². The maximum atomic E-state index is 13.9. The van der Waals surface area contributed by atoms with E-state index in [-0.39, 0.29) is 24.6 Å². The van der Waals surface area contributed by atoms with Gasteiger partial charge in [0.2, 0.25) is 11.4 Å². The number of nitrogens with zero attached hydrogens (tertiary/aromatic N) is 1. The van der Waals surface area contributed by atoms with Gasteiger partial charge in [-0.15, -0.1) is 0 Å². The first kappa shape index (κ1) is 27.2. The third kappa shape index (κ3) is 4.30. The minimum atomic E-state index is 0. The molecule has 0 atom stereocenters. The Hall–Kier alpha value is -5.40. The summed E-state index contributed by atoms with van der Waals surface area (Å²) in [5.74, 6) is 0.624. The predicted molar refractivity (Wildman–Crippen MR) is 176 cm³/mol. The predicted octanol–water partition coefficient (Wildman–Crippen LogP) is 6.33. The smallest absolute Gasteiger partial charge is 0.868 e. The van der Waals surface area contributed by atoms with Gasteiger partial charge in [0.15, 0.2) is 11.8 Å². The van der Waals surface area contributed by atoms with E-state index in [4.69, 9.17) is 4.42 Å². The molecular weight excluding hydrogens is 547 g/mol. The van der Waals surface area contributed by atoms with Gasteiger partial charge in [0.1, 0.15) is 5.52 Å². The topological polar surface area (TPSA) is 63.2 Å². The summed E-state index contributed by atoms with van der Waals surface area (Å²) < 4.78 is 6.00. The van der Waals surface area contributed by atoms with Crippen LogP contribution in [-0.2, 0) is 0 Å². The zero-order valence-electron chi connectivity index (χ0n) is 24.5. The maximum absolute atomic E-state index is 13.9. The van der Waals surface area contributed by atoms with Gasteiger partial charge in [-0.3, -0.25) is 0 Å².